The van der Waals surface area contributed by atoms with Crippen LogP contribution in [0.5, 0.6) is 0 Å². The summed E-state index contributed by atoms with van der Waals surface area (Å²) in [4.78, 5) is 10.5. The minimum absolute atomic E-state index is 0.199. The molecule has 5 unspecified atom stereocenters. The van der Waals surface area contributed by atoms with Crippen molar-refractivity contribution >= 4 is 5.97 Å². The second kappa shape index (κ2) is 12.3. The summed E-state index contributed by atoms with van der Waals surface area (Å²) in [7, 11) is 0. The number of hydrogen-bond donors (Lipinski definition) is 3. The average Bonchev–Trinajstić information content (AvgIpc) is 2.93. The summed E-state index contributed by atoms with van der Waals surface area (Å²) in [5, 5.41) is 29.1. The lowest BCUT2D eigenvalue weighted by Crippen LogP contribution is -2.19. The molecule has 0 aromatic heterocycles. The highest BCUT2D eigenvalue weighted by molar-refractivity contribution is 5.66. The Hall–Kier alpha value is -1.13. The predicted molar refractivity (Wildman–Crippen MR) is 101 cm³/mol. The molecule has 1 aliphatic rings. The van der Waals surface area contributed by atoms with Gasteiger partial charge in [0, 0.05) is 6.42 Å². The summed E-state index contributed by atoms with van der Waals surface area (Å²) in [6.45, 7) is 4.25. The number of carboxylic acid groups (broad SMARTS) is 1. The van der Waals surface area contributed by atoms with E-state index in [-0.39, 0.29) is 24.4 Å². The van der Waals surface area contributed by atoms with E-state index in [1.807, 2.05) is 12.2 Å². The topological polar surface area (TPSA) is 77.8 Å². The van der Waals surface area contributed by atoms with Crippen LogP contribution in [0.1, 0.15) is 71.6 Å². The van der Waals surface area contributed by atoms with Gasteiger partial charge in [-0.15, -0.1) is 0 Å². The molecule has 1 fully saturated rings. The van der Waals surface area contributed by atoms with Gasteiger partial charge >= 0.3 is 5.97 Å². The fourth-order valence-electron chi connectivity index (χ4n) is 3.53. The normalized spacial score (nSPS) is 26.5. The van der Waals surface area contributed by atoms with Crippen LogP contribution in [0.4, 0.5) is 0 Å². The zero-order valence-corrected chi connectivity index (χ0v) is 15.8. The summed E-state index contributed by atoms with van der Waals surface area (Å²) in [5.74, 6) is 0.0310. The number of carboxylic acids is 1. The number of allylic oxidation sites excluding steroid dienone is 3. The van der Waals surface area contributed by atoms with Crippen molar-refractivity contribution in [3.05, 3.63) is 24.3 Å². The standard InChI is InChI=1S/C21H36O4/c1-3-4-9-16(2)19(22)14-12-17-13-15-20(23)18(17)10-7-5-6-8-11-21(24)25/h5,7,12,14,16-20,22-23H,3-4,6,8-11,13,15H2,1-2H3,(H,24,25)/b7-5-,14-12+. The Morgan fingerprint density at radius 1 is 1.24 bits per heavy atom. The van der Waals surface area contributed by atoms with Crippen molar-refractivity contribution in [2.24, 2.45) is 17.8 Å². The number of hydrogen-bond acceptors (Lipinski definition) is 3. The monoisotopic (exact) mass is 352 g/mol. The smallest absolute Gasteiger partial charge is 0.303 e. The van der Waals surface area contributed by atoms with Crippen molar-refractivity contribution in [3.8, 4) is 0 Å². The Bertz CT molecular complexity index is 430. The predicted octanol–water partition coefficient (Wildman–Crippen LogP) is 4.32. The molecule has 0 radical (unpaired) electrons. The molecule has 0 heterocycles. The fraction of sp³-hybridized carbons (Fsp3) is 0.762. The Morgan fingerprint density at radius 3 is 2.68 bits per heavy atom. The van der Waals surface area contributed by atoms with E-state index in [1.165, 1.54) is 0 Å². The SMILES string of the molecule is CCCCC(C)C(O)/C=C/C1CCC(O)C1C/C=C\CCCC(=O)O. The van der Waals surface area contributed by atoms with Gasteiger partial charge in [-0.05, 0) is 56.3 Å². The van der Waals surface area contributed by atoms with Gasteiger partial charge in [-0.3, -0.25) is 4.79 Å². The summed E-state index contributed by atoms with van der Waals surface area (Å²) in [6, 6.07) is 0. The summed E-state index contributed by atoms with van der Waals surface area (Å²) in [6.07, 6.45) is 15.0. The molecule has 4 nitrogen and oxygen atoms in total. The molecule has 3 N–H and O–H groups in total. The highest BCUT2D eigenvalue weighted by atomic mass is 16.4. The fourth-order valence-corrected chi connectivity index (χ4v) is 3.53. The number of rotatable bonds is 12. The van der Waals surface area contributed by atoms with Gasteiger partial charge < -0.3 is 15.3 Å². The molecule has 1 saturated carbocycles. The van der Waals surface area contributed by atoms with Gasteiger partial charge in [-0.2, -0.15) is 0 Å². The number of aliphatic hydroxyl groups is 2. The van der Waals surface area contributed by atoms with E-state index in [1.54, 1.807) is 0 Å². The quantitative estimate of drug-likeness (QED) is 0.361. The van der Waals surface area contributed by atoms with Gasteiger partial charge in [-0.25, -0.2) is 0 Å². The summed E-state index contributed by atoms with van der Waals surface area (Å²) < 4.78 is 0. The zero-order valence-electron chi connectivity index (χ0n) is 15.8. The minimum Gasteiger partial charge on any atom is -0.481 e. The van der Waals surface area contributed by atoms with Crippen LogP contribution in [0.15, 0.2) is 24.3 Å². The molecule has 4 heteroatoms. The molecule has 0 saturated heterocycles. The molecule has 144 valence electrons. The van der Waals surface area contributed by atoms with Gasteiger partial charge in [0.25, 0.3) is 0 Å². The first-order valence-electron chi connectivity index (χ1n) is 9.86. The number of unbranched alkanes of at least 4 members (excludes halogenated alkanes) is 2. The molecular weight excluding hydrogens is 316 g/mol. The summed E-state index contributed by atoms with van der Waals surface area (Å²) in [5.41, 5.74) is 0. The van der Waals surface area contributed by atoms with Crippen molar-refractivity contribution in [2.75, 3.05) is 0 Å². The van der Waals surface area contributed by atoms with E-state index in [0.717, 1.165) is 44.9 Å². The Morgan fingerprint density at radius 2 is 2.00 bits per heavy atom. The molecule has 0 amide bonds. The van der Waals surface area contributed by atoms with E-state index >= 15 is 0 Å². The van der Waals surface area contributed by atoms with Crippen LogP contribution in [0, 0.1) is 17.8 Å². The molecule has 1 rings (SSSR count). The van der Waals surface area contributed by atoms with Crippen molar-refractivity contribution in [3.63, 3.8) is 0 Å². The molecule has 1 aliphatic carbocycles. The number of aliphatic hydroxyl groups excluding tert-OH is 2. The lowest BCUT2D eigenvalue weighted by molar-refractivity contribution is -0.137. The van der Waals surface area contributed by atoms with Crippen LogP contribution < -0.4 is 0 Å². The second-order valence-electron chi connectivity index (χ2n) is 7.46. The van der Waals surface area contributed by atoms with Gasteiger partial charge in [0.05, 0.1) is 12.2 Å². The van der Waals surface area contributed by atoms with E-state index < -0.39 is 12.1 Å². The average molecular weight is 353 g/mol. The van der Waals surface area contributed by atoms with Gasteiger partial charge in [0.2, 0.25) is 0 Å². The third-order valence-corrected chi connectivity index (χ3v) is 5.33. The lowest BCUT2D eigenvalue weighted by Gasteiger charge is -2.19. The number of carbonyl (C=O) groups is 1. The van der Waals surface area contributed by atoms with Gasteiger partial charge in [0.15, 0.2) is 0 Å². The largest absolute Gasteiger partial charge is 0.481 e. The van der Waals surface area contributed by atoms with E-state index in [4.69, 9.17) is 5.11 Å². The van der Waals surface area contributed by atoms with Gasteiger partial charge in [-0.1, -0.05) is 51.0 Å². The van der Waals surface area contributed by atoms with Crippen molar-refractivity contribution in [1.29, 1.82) is 0 Å². The van der Waals surface area contributed by atoms with Crippen molar-refractivity contribution in [1.82, 2.24) is 0 Å². The first kappa shape index (κ1) is 21.9. The Balaban J connectivity index is 2.43. The van der Waals surface area contributed by atoms with E-state index in [2.05, 4.69) is 26.0 Å². The molecule has 0 aliphatic heterocycles. The zero-order chi connectivity index (χ0) is 18.7. The van der Waals surface area contributed by atoms with Crippen LogP contribution in [-0.2, 0) is 4.79 Å². The van der Waals surface area contributed by atoms with Crippen LogP contribution in [0.3, 0.4) is 0 Å². The molecular formula is C21H36O4. The highest BCUT2D eigenvalue weighted by Crippen LogP contribution is 2.36. The van der Waals surface area contributed by atoms with Crippen molar-refractivity contribution < 1.29 is 20.1 Å². The maximum Gasteiger partial charge on any atom is 0.303 e. The van der Waals surface area contributed by atoms with Gasteiger partial charge in [0.1, 0.15) is 0 Å². The first-order valence-corrected chi connectivity index (χ1v) is 9.86. The molecule has 0 bridgehead atoms. The lowest BCUT2D eigenvalue weighted by atomic mass is 9.89. The second-order valence-corrected chi connectivity index (χ2v) is 7.46. The molecule has 25 heavy (non-hydrogen) atoms. The molecule has 0 aromatic rings. The minimum atomic E-state index is -0.753. The molecule has 0 aromatic carbocycles. The van der Waals surface area contributed by atoms with Crippen LogP contribution >= 0.6 is 0 Å². The summed E-state index contributed by atoms with van der Waals surface area (Å²) >= 11 is 0. The van der Waals surface area contributed by atoms with Crippen molar-refractivity contribution in [2.45, 2.75) is 83.8 Å². The maximum atomic E-state index is 10.5. The Kier molecular flexibility index (Phi) is 10.7. The first-order chi connectivity index (χ1) is 12.0. The third kappa shape index (κ3) is 8.68. The van der Waals surface area contributed by atoms with E-state index in [0.29, 0.717) is 12.3 Å². The highest BCUT2D eigenvalue weighted by Gasteiger charge is 2.32. The third-order valence-electron chi connectivity index (χ3n) is 5.33. The molecule has 0 spiro atoms. The van der Waals surface area contributed by atoms with Crippen LogP contribution in [0.2, 0.25) is 0 Å². The van der Waals surface area contributed by atoms with Crippen LogP contribution in [0.25, 0.3) is 0 Å². The Labute approximate surface area is 152 Å². The molecule has 5 atom stereocenters. The van der Waals surface area contributed by atoms with E-state index in [9.17, 15) is 15.0 Å². The van der Waals surface area contributed by atoms with Crippen LogP contribution in [-0.4, -0.2) is 33.5 Å². The number of aliphatic carboxylic acids is 1. The maximum absolute atomic E-state index is 10.5.